The van der Waals surface area contributed by atoms with Crippen molar-refractivity contribution in [3.63, 3.8) is 0 Å². The molecule has 32 heavy (non-hydrogen) atoms. The Bertz CT molecular complexity index is 1110. The van der Waals surface area contributed by atoms with E-state index in [-0.39, 0.29) is 11.8 Å². The van der Waals surface area contributed by atoms with Crippen molar-refractivity contribution in [2.24, 2.45) is 5.92 Å². The Morgan fingerprint density at radius 3 is 2.69 bits per heavy atom. The third-order valence-corrected chi connectivity index (χ3v) is 6.92. The molecule has 2 aliphatic heterocycles. The van der Waals surface area contributed by atoms with Crippen molar-refractivity contribution >= 4 is 11.6 Å². The van der Waals surface area contributed by atoms with Gasteiger partial charge in [-0.1, -0.05) is 12.1 Å². The molecule has 5 heterocycles. The van der Waals surface area contributed by atoms with Gasteiger partial charge in [0.2, 0.25) is 5.91 Å². The minimum Gasteiger partial charge on any atom is -0.356 e. The molecule has 0 saturated carbocycles. The van der Waals surface area contributed by atoms with Gasteiger partial charge in [-0.15, -0.1) is 0 Å². The zero-order valence-corrected chi connectivity index (χ0v) is 19.3. The summed E-state index contributed by atoms with van der Waals surface area (Å²) >= 11 is 0. The molecular weight excluding hydrogens is 404 g/mol. The average molecular weight is 437 g/mol. The van der Waals surface area contributed by atoms with Crippen molar-refractivity contribution in [1.82, 2.24) is 29.6 Å². The molecule has 3 aromatic heterocycles. The van der Waals surface area contributed by atoms with E-state index >= 15 is 0 Å². The maximum atomic E-state index is 13.0. The second kappa shape index (κ2) is 8.65. The van der Waals surface area contributed by atoms with Crippen molar-refractivity contribution < 1.29 is 9.32 Å². The van der Waals surface area contributed by atoms with Gasteiger partial charge in [0.25, 0.3) is 0 Å². The maximum absolute atomic E-state index is 13.0. The maximum Gasteiger partial charge on any atom is 0.236 e. The number of fused-ring (bicyclic) bond motifs is 1. The van der Waals surface area contributed by atoms with Crippen molar-refractivity contribution in [2.75, 3.05) is 32.7 Å². The van der Waals surface area contributed by atoms with Gasteiger partial charge in [0, 0.05) is 43.9 Å². The summed E-state index contributed by atoms with van der Waals surface area (Å²) in [6.07, 6.45) is 6.20. The zero-order chi connectivity index (χ0) is 22.2. The van der Waals surface area contributed by atoms with Gasteiger partial charge in [-0.2, -0.15) is 5.10 Å². The lowest BCUT2D eigenvalue weighted by atomic mass is 9.91. The van der Waals surface area contributed by atoms with E-state index in [0.717, 1.165) is 91.8 Å². The summed E-state index contributed by atoms with van der Waals surface area (Å²) in [7, 11) is 0. The number of carbonyl (C=O) groups is 1. The largest absolute Gasteiger partial charge is 0.356 e. The van der Waals surface area contributed by atoms with E-state index in [2.05, 4.69) is 22.0 Å². The van der Waals surface area contributed by atoms with E-state index in [9.17, 15) is 4.79 Å². The quantitative estimate of drug-likeness (QED) is 0.623. The molecule has 170 valence electrons. The summed E-state index contributed by atoms with van der Waals surface area (Å²) in [6.45, 7) is 10.2. The van der Waals surface area contributed by atoms with Crippen LogP contribution in [0.3, 0.4) is 0 Å². The van der Waals surface area contributed by atoms with Gasteiger partial charge in [-0.25, -0.2) is 9.50 Å². The Kier molecular flexibility index (Phi) is 5.71. The number of likely N-dealkylation sites (tertiary alicyclic amines) is 2. The van der Waals surface area contributed by atoms with Crippen LogP contribution >= 0.6 is 0 Å². The number of nitrogens with zero attached hydrogens (tertiary/aromatic N) is 6. The number of aromatic nitrogens is 4. The van der Waals surface area contributed by atoms with E-state index in [1.54, 1.807) is 0 Å². The normalized spacial score (nSPS) is 20.8. The van der Waals surface area contributed by atoms with Gasteiger partial charge in [-0.05, 0) is 52.0 Å². The van der Waals surface area contributed by atoms with Crippen LogP contribution in [0.25, 0.3) is 17.0 Å². The van der Waals surface area contributed by atoms with Crippen LogP contribution in [-0.2, 0) is 4.79 Å². The molecule has 8 nitrogen and oxygen atoms in total. The van der Waals surface area contributed by atoms with Crippen LogP contribution < -0.4 is 0 Å². The fourth-order valence-electron chi connectivity index (χ4n) is 5.11. The lowest BCUT2D eigenvalue weighted by molar-refractivity contribution is -0.134. The topological polar surface area (TPSA) is 79.8 Å². The summed E-state index contributed by atoms with van der Waals surface area (Å²) in [5.41, 5.74) is 4.65. The van der Waals surface area contributed by atoms with Gasteiger partial charge in [0.1, 0.15) is 0 Å². The lowest BCUT2D eigenvalue weighted by Crippen LogP contribution is -2.46. The Morgan fingerprint density at radius 1 is 1.12 bits per heavy atom. The summed E-state index contributed by atoms with van der Waals surface area (Å²) in [6, 6.07) is 3.95. The second-order valence-electron chi connectivity index (χ2n) is 9.58. The lowest BCUT2D eigenvalue weighted by Gasteiger charge is -2.36. The van der Waals surface area contributed by atoms with Gasteiger partial charge in [0.05, 0.1) is 29.2 Å². The molecule has 3 aromatic rings. The molecule has 2 aliphatic rings. The SMILES string of the molecule is Cc1cc(-c2cnc3cc(C)nn3c2[C@H]2CCCN(CC(=O)N3CCC(C)CC3)C2)on1. The predicted octanol–water partition coefficient (Wildman–Crippen LogP) is 3.44. The second-order valence-corrected chi connectivity index (χ2v) is 9.58. The molecule has 8 heteroatoms. The third-order valence-electron chi connectivity index (χ3n) is 6.92. The average Bonchev–Trinajstić information content (AvgIpc) is 3.38. The third kappa shape index (κ3) is 4.16. The van der Waals surface area contributed by atoms with Crippen LogP contribution in [0.2, 0.25) is 0 Å². The van der Waals surface area contributed by atoms with Crippen LogP contribution in [-0.4, -0.2) is 68.2 Å². The smallest absolute Gasteiger partial charge is 0.236 e. The minimum absolute atomic E-state index is 0.239. The summed E-state index contributed by atoms with van der Waals surface area (Å²) in [4.78, 5) is 21.9. The molecule has 0 radical (unpaired) electrons. The van der Waals surface area contributed by atoms with Crippen LogP contribution in [0, 0.1) is 19.8 Å². The fourth-order valence-corrected chi connectivity index (χ4v) is 5.11. The van der Waals surface area contributed by atoms with E-state index in [1.807, 2.05) is 41.6 Å². The van der Waals surface area contributed by atoms with E-state index in [4.69, 9.17) is 9.62 Å². The highest BCUT2D eigenvalue weighted by Crippen LogP contribution is 2.35. The monoisotopic (exact) mass is 436 g/mol. The van der Waals surface area contributed by atoms with Crippen LogP contribution in [0.15, 0.2) is 22.9 Å². The first kappa shape index (κ1) is 21.1. The van der Waals surface area contributed by atoms with Crippen LogP contribution in [0.1, 0.15) is 55.6 Å². The number of amides is 1. The summed E-state index contributed by atoms with van der Waals surface area (Å²) in [5, 5.41) is 8.83. The summed E-state index contributed by atoms with van der Waals surface area (Å²) in [5.74, 6) is 1.94. The molecule has 0 aromatic carbocycles. The summed E-state index contributed by atoms with van der Waals surface area (Å²) < 4.78 is 7.57. The molecule has 1 atom stereocenters. The molecule has 0 bridgehead atoms. The van der Waals surface area contributed by atoms with E-state index in [0.29, 0.717) is 6.54 Å². The number of hydrogen-bond acceptors (Lipinski definition) is 6. The molecule has 0 unspecified atom stereocenters. The predicted molar refractivity (Wildman–Crippen MR) is 121 cm³/mol. The van der Waals surface area contributed by atoms with Crippen LogP contribution in [0.5, 0.6) is 0 Å². The zero-order valence-electron chi connectivity index (χ0n) is 19.3. The molecule has 5 rings (SSSR count). The first-order valence-electron chi connectivity index (χ1n) is 11.8. The van der Waals surface area contributed by atoms with E-state index < -0.39 is 0 Å². The standard InChI is InChI=1S/C24H32N6O2/c1-16-6-9-29(10-7-16)23(31)15-28-8-4-5-19(14-28)24-20(21-11-18(3)27-32-21)13-25-22-12-17(2)26-30(22)24/h11-13,16,19H,4-10,14-15H2,1-3H3/t19-/m0/s1. The molecule has 0 spiro atoms. The van der Waals surface area contributed by atoms with Crippen molar-refractivity contribution in [3.05, 3.63) is 35.4 Å². The van der Waals surface area contributed by atoms with Crippen molar-refractivity contribution in [3.8, 4) is 11.3 Å². The van der Waals surface area contributed by atoms with E-state index in [1.165, 1.54) is 0 Å². The first-order valence-corrected chi connectivity index (χ1v) is 11.8. The fraction of sp³-hybridized carbons (Fsp3) is 0.583. The highest BCUT2D eigenvalue weighted by atomic mass is 16.5. The first-order chi connectivity index (χ1) is 15.5. The highest BCUT2D eigenvalue weighted by molar-refractivity contribution is 5.78. The van der Waals surface area contributed by atoms with Gasteiger partial charge >= 0.3 is 0 Å². The highest BCUT2D eigenvalue weighted by Gasteiger charge is 2.30. The molecule has 2 saturated heterocycles. The minimum atomic E-state index is 0.239. The number of hydrogen-bond donors (Lipinski definition) is 0. The number of rotatable bonds is 4. The molecular formula is C24H32N6O2. The molecule has 0 N–H and O–H groups in total. The number of piperidine rings is 2. The van der Waals surface area contributed by atoms with Gasteiger partial charge < -0.3 is 9.42 Å². The Morgan fingerprint density at radius 2 is 1.94 bits per heavy atom. The van der Waals surface area contributed by atoms with Crippen LogP contribution in [0.4, 0.5) is 0 Å². The molecule has 1 amide bonds. The number of carbonyl (C=O) groups excluding carboxylic acids is 1. The number of aryl methyl sites for hydroxylation is 2. The Labute approximate surface area is 188 Å². The molecule has 2 fully saturated rings. The van der Waals surface area contributed by atoms with Crippen molar-refractivity contribution in [1.29, 1.82) is 0 Å². The molecule has 0 aliphatic carbocycles. The van der Waals surface area contributed by atoms with Crippen molar-refractivity contribution in [2.45, 2.75) is 52.4 Å². The van der Waals surface area contributed by atoms with Gasteiger partial charge in [-0.3, -0.25) is 9.69 Å². The Hall–Kier alpha value is -2.74. The van der Waals surface area contributed by atoms with Gasteiger partial charge in [0.15, 0.2) is 11.4 Å². The Balaban J connectivity index is 1.41.